The Hall–Kier alpha value is -1.31. The summed E-state index contributed by atoms with van der Waals surface area (Å²) in [7, 11) is 0. The average molecular weight is 242 g/mol. The van der Waals surface area contributed by atoms with E-state index in [-0.39, 0.29) is 0 Å². The average Bonchev–Trinajstić information content (AvgIpc) is 2.77. The highest BCUT2D eigenvalue weighted by molar-refractivity contribution is 5.83. The first-order chi connectivity index (χ1) is 8.88. The summed E-state index contributed by atoms with van der Waals surface area (Å²) in [5.74, 6) is 0.892. The molecule has 1 N–H and O–H groups in total. The van der Waals surface area contributed by atoms with Crippen LogP contribution < -0.4 is 0 Å². The number of H-pyrrole nitrogens is 1. The van der Waals surface area contributed by atoms with Crippen molar-refractivity contribution in [1.29, 1.82) is 0 Å². The van der Waals surface area contributed by atoms with Crippen molar-refractivity contribution < 1.29 is 0 Å². The number of hydrogen-bond donors (Lipinski definition) is 1. The Morgan fingerprint density at radius 3 is 3.22 bits per heavy atom. The number of unbranched alkanes of at least 4 members (excludes halogenated alkanes) is 2. The monoisotopic (exact) mass is 242 g/mol. The number of pyridine rings is 1. The van der Waals surface area contributed by atoms with Crippen molar-refractivity contribution in [2.45, 2.75) is 51.9 Å². The molecule has 2 aromatic rings. The van der Waals surface area contributed by atoms with Crippen LogP contribution in [0.1, 0.15) is 50.3 Å². The summed E-state index contributed by atoms with van der Waals surface area (Å²) < 4.78 is 0. The van der Waals surface area contributed by atoms with Gasteiger partial charge in [0.1, 0.15) is 0 Å². The molecule has 2 heterocycles. The zero-order chi connectivity index (χ0) is 12.4. The van der Waals surface area contributed by atoms with Gasteiger partial charge in [0, 0.05) is 29.0 Å². The quantitative estimate of drug-likeness (QED) is 0.798. The number of hydrogen-bond acceptors (Lipinski definition) is 1. The van der Waals surface area contributed by atoms with Gasteiger partial charge in [-0.1, -0.05) is 32.6 Å². The SMILES string of the molecule is CCCCCC1CCc2[nH]c3ccncc3c2C1. The fourth-order valence-corrected chi connectivity index (χ4v) is 3.26. The van der Waals surface area contributed by atoms with Crippen LogP contribution in [0, 0.1) is 5.92 Å². The van der Waals surface area contributed by atoms with Gasteiger partial charge in [-0.15, -0.1) is 0 Å². The third kappa shape index (κ3) is 2.16. The number of rotatable bonds is 4. The summed E-state index contributed by atoms with van der Waals surface area (Å²) in [5.41, 5.74) is 4.28. The molecule has 0 fully saturated rings. The highest BCUT2D eigenvalue weighted by Crippen LogP contribution is 2.33. The maximum Gasteiger partial charge on any atom is 0.0490 e. The molecular formula is C16H22N2. The molecule has 0 aromatic carbocycles. The second-order valence-electron chi connectivity index (χ2n) is 5.61. The van der Waals surface area contributed by atoms with Crippen molar-refractivity contribution in [3.05, 3.63) is 29.7 Å². The summed E-state index contributed by atoms with van der Waals surface area (Å²) >= 11 is 0. The van der Waals surface area contributed by atoms with Crippen LogP contribution in [0.5, 0.6) is 0 Å². The Labute approximate surface area is 109 Å². The molecule has 0 bridgehead atoms. The molecule has 96 valence electrons. The van der Waals surface area contributed by atoms with Gasteiger partial charge in [0.25, 0.3) is 0 Å². The van der Waals surface area contributed by atoms with E-state index in [1.165, 1.54) is 61.5 Å². The minimum Gasteiger partial charge on any atom is -0.358 e. The lowest BCUT2D eigenvalue weighted by Gasteiger charge is -2.22. The molecule has 1 aliphatic rings. The van der Waals surface area contributed by atoms with Gasteiger partial charge in [0.05, 0.1) is 0 Å². The van der Waals surface area contributed by atoms with E-state index in [4.69, 9.17) is 0 Å². The van der Waals surface area contributed by atoms with Gasteiger partial charge < -0.3 is 4.98 Å². The molecule has 2 aromatic heterocycles. The van der Waals surface area contributed by atoms with E-state index in [1.807, 2.05) is 12.4 Å². The topological polar surface area (TPSA) is 28.7 Å². The third-order valence-corrected chi connectivity index (χ3v) is 4.31. The zero-order valence-electron chi connectivity index (χ0n) is 11.2. The molecule has 0 radical (unpaired) electrons. The van der Waals surface area contributed by atoms with Crippen molar-refractivity contribution in [2.24, 2.45) is 5.92 Å². The van der Waals surface area contributed by atoms with Gasteiger partial charge in [-0.3, -0.25) is 4.98 Å². The van der Waals surface area contributed by atoms with Gasteiger partial charge in [-0.05, 0) is 36.8 Å². The number of fused-ring (bicyclic) bond motifs is 3. The lowest BCUT2D eigenvalue weighted by Crippen LogP contribution is -2.13. The molecule has 2 heteroatoms. The molecule has 18 heavy (non-hydrogen) atoms. The third-order valence-electron chi connectivity index (χ3n) is 4.31. The van der Waals surface area contributed by atoms with Gasteiger partial charge in [0.15, 0.2) is 0 Å². The normalized spacial score (nSPS) is 19.1. The zero-order valence-corrected chi connectivity index (χ0v) is 11.2. The molecule has 3 rings (SSSR count). The van der Waals surface area contributed by atoms with Gasteiger partial charge in [-0.25, -0.2) is 0 Å². The predicted octanol–water partition coefficient (Wildman–Crippen LogP) is 4.25. The van der Waals surface area contributed by atoms with Crippen molar-refractivity contribution >= 4 is 10.9 Å². The fourth-order valence-electron chi connectivity index (χ4n) is 3.26. The van der Waals surface area contributed by atoms with Crippen LogP contribution in [0.2, 0.25) is 0 Å². The number of aromatic amines is 1. The van der Waals surface area contributed by atoms with Gasteiger partial charge in [-0.2, -0.15) is 0 Å². The molecule has 0 aliphatic heterocycles. The van der Waals surface area contributed by atoms with E-state index in [9.17, 15) is 0 Å². The van der Waals surface area contributed by atoms with Crippen LogP contribution in [0.4, 0.5) is 0 Å². The minimum atomic E-state index is 0.892. The second kappa shape index (κ2) is 5.13. The smallest absolute Gasteiger partial charge is 0.0490 e. The summed E-state index contributed by atoms with van der Waals surface area (Å²) in [4.78, 5) is 7.84. The molecule has 1 aliphatic carbocycles. The Balaban J connectivity index is 1.78. The number of aromatic nitrogens is 2. The lowest BCUT2D eigenvalue weighted by molar-refractivity contribution is 0.408. The van der Waals surface area contributed by atoms with Crippen molar-refractivity contribution in [3.63, 3.8) is 0 Å². The molecular weight excluding hydrogens is 220 g/mol. The van der Waals surface area contributed by atoms with E-state index >= 15 is 0 Å². The van der Waals surface area contributed by atoms with Crippen LogP contribution in [0.25, 0.3) is 10.9 Å². The Morgan fingerprint density at radius 1 is 1.39 bits per heavy atom. The minimum absolute atomic E-state index is 0.892. The van der Waals surface area contributed by atoms with E-state index in [1.54, 1.807) is 5.56 Å². The molecule has 0 spiro atoms. The molecule has 1 unspecified atom stereocenters. The molecule has 0 saturated carbocycles. The van der Waals surface area contributed by atoms with Crippen molar-refractivity contribution in [1.82, 2.24) is 9.97 Å². The van der Waals surface area contributed by atoms with E-state index in [0.717, 1.165) is 5.92 Å². The van der Waals surface area contributed by atoms with E-state index in [0.29, 0.717) is 0 Å². The predicted molar refractivity (Wildman–Crippen MR) is 75.8 cm³/mol. The Morgan fingerprint density at radius 2 is 2.33 bits per heavy atom. The van der Waals surface area contributed by atoms with Crippen LogP contribution in [-0.4, -0.2) is 9.97 Å². The molecule has 1 atom stereocenters. The highest BCUT2D eigenvalue weighted by Gasteiger charge is 2.21. The second-order valence-corrected chi connectivity index (χ2v) is 5.61. The molecule has 0 amide bonds. The maximum absolute atomic E-state index is 4.27. The Kier molecular flexibility index (Phi) is 3.35. The van der Waals surface area contributed by atoms with E-state index < -0.39 is 0 Å². The van der Waals surface area contributed by atoms with Gasteiger partial charge in [0.2, 0.25) is 0 Å². The first-order valence-corrected chi connectivity index (χ1v) is 7.32. The molecule has 0 saturated heterocycles. The summed E-state index contributed by atoms with van der Waals surface area (Å²) in [6, 6.07) is 2.10. The number of nitrogens with zero attached hydrogens (tertiary/aromatic N) is 1. The van der Waals surface area contributed by atoms with Crippen LogP contribution >= 0.6 is 0 Å². The van der Waals surface area contributed by atoms with E-state index in [2.05, 4.69) is 23.0 Å². The largest absolute Gasteiger partial charge is 0.358 e. The Bertz CT molecular complexity index is 527. The lowest BCUT2D eigenvalue weighted by atomic mass is 9.83. The van der Waals surface area contributed by atoms with Crippen LogP contribution in [-0.2, 0) is 12.8 Å². The van der Waals surface area contributed by atoms with Crippen molar-refractivity contribution in [2.75, 3.05) is 0 Å². The summed E-state index contributed by atoms with van der Waals surface area (Å²) in [6.45, 7) is 2.28. The number of aryl methyl sites for hydroxylation is 1. The first kappa shape index (κ1) is 11.8. The summed E-state index contributed by atoms with van der Waals surface area (Å²) in [5, 5.41) is 1.35. The maximum atomic E-state index is 4.27. The van der Waals surface area contributed by atoms with Crippen LogP contribution in [0.15, 0.2) is 18.5 Å². The van der Waals surface area contributed by atoms with Crippen LogP contribution in [0.3, 0.4) is 0 Å². The first-order valence-electron chi connectivity index (χ1n) is 7.32. The van der Waals surface area contributed by atoms with Crippen molar-refractivity contribution in [3.8, 4) is 0 Å². The molecule has 2 nitrogen and oxygen atoms in total. The highest BCUT2D eigenvalue weighted by atomic mass is 14.7. The fraction of sp³-hybridized carbons (Fsp3) is 0.562. The standard InChI is InChI=1S/C16H22N2/c1-2-3-4-5-12-6-7-15-13(10-12)14-11-17-9-8-16(14)18-15/h8-9,11-12,18H,2-7,10H2,1H3. The van der Waals surface area contributed by atoms with Gasteiger partial charge >= 0.3 is 0 Å². The summed E-state index contributed by atoms with van der Waals surface area (Å²) in [6.07, 6.45) is 13.3. The number of nitrogens with one attached hydrogen (secondary N) is 1.